The molecule has 0 bridgehead atoms. The molecule has 0 aliphatic heterocycles. The van der Waals surface area contributed by atoms with Crippen LogP contribution in [0.25, 0.3) is 11.1 Å². The van der Waals surface area contributed by atoms with Crippen LogP contribution in [0.2, 0.25) is 0 Å². The number of aromatic amines is 1. The Labute approximate surface area is 120 Å². The molecule has 0 aliphatic carbocycles. The van der Waals surface area contributed by atoms with Gasteiger partial charge in [0.15, 0.2) is 0 Å². The van der Waals surface area contributed by atoms with Crippen LogP contribution in [0.1, 0.15) is 20.7 Å². The average molecular weight is 286 g/mol. The summed E-state index contributed by atoms with van der Waals surface area (Å²) in [6.07, 6.45) is 1.42. The van der Waals surface area contributed by atoms with Crippen molar-refractivity contribution in [2.24, 2.45) is 0 Å². The Balaban J connectivity index is 2.50. The Morgan fingerprint density at radius 1 is 1.14 bits per heavy atom. The summed E-state index contributed by atoms with van der Waals surface area (Å²) in [5.74, 6) is -1.45. The number of aromatic carboxylic acids is 1. The summed E-state index contributed by atoms with van der Waals surface area (Å²) in [5, 5.41) is 8.97. The van der Waals surface area contributed by atoms with Crippen molar-refractivity contribution in [1.29, 1.82) is 0 Å². The Kier molecular flexibility index (Phi) is 3.89. The van der Waals surface area contributed by atoms with Crippen molar-refractivity contribution in [2.45, 2.75) is 0 Å². The largest absolute Gasteiger partial charge is 0.477 e. The van der Waals surface area contributed by atoms with Crippen LogP contribution in [-0.4, -0.2) is 41.0 Å². The highest BCUT2D eigenvalue weighted by molar-refractivity contribution is 5.95. The molecule has 1 aromatic carbocycles. The molecule has 6 heteroatoms. The zero-order valence-electron chi connectivity index (χ0n) is 11.6. The fourth-order valence-corrected chi connectivity index (χ4v) is 1.90. The molecule has 6 nitrogen and oxygen atoms in total. The minimum Gasteiger partial charge on any atom is -0.477 e. The minimum absolute atomic E-state index is 0.153. The van der Waals surface area contributed by atoms with Gasteiger partial charge in [0, 0.05) is 25.9 Å². The molecule has 0 spiro atoms. The number of benzene rings is 1. The van der Waals surface area contributed by atoms with E-state index >= 15 is 0 Å². The van der Waals surface area contributed by atoms with Gasteiger partial charge in [-0.3, -0.25) is 9.59 Å². The number of carbonyl (C=O) groups excluding carboxylic acids is 1. The summed E-state index contributed by atoms with van der Waals surface area (Å²) in [4.78, 5) is 38.2. The molecule has 0 unspecified atom stereocenters. The van der Waals surface area contributed by atoms with E-state index in [-0.39, 0.29) is 11.5 Å². The summed E-state index contributed by atoms with van der Waals surface area (Å²) in [5.41, 5.74) is 0.672. The Hall–Kier alpha value is -2.89. The van der Waals surface area contributed by atoms with Crippen LogP contribution >= 0.6 is 0 Å². The number of carboxylic acid groups (broad SMARTS) is 1. The topological polar surface area (TPSA) is 90.5 Å². The van der Waals surface area contributed by atoms with Gasteiger partial charge in [-0.05, 0) is 29.3 Å². The Bertz CT molecular complexity index is 762. The van der Waals surface area contributed by atoms with Crippen molar-refractivity contribution < 1.29 is 14.7 Å². The molecule has 0 aliphatic rings. The van der Waals surface area contributed by atoms with Gasteiger partial charge in [0.25, 0.3) is 11.5 Å². The van der Waals surface area contributed by atoms with E-state index in [0.717, 1.165) is 0 Å². The molecule has 1 amide bonds. The number of hydrogen-bond acceptors (Lipinski definition) is 3. The van der Waals surface area contributed by atoms with Crippen LogP contribution in [-0.2, 0) is 0 Å². The van der Waals surface area contributed by atoms with E-state index in [9.17, 15) is 14.4 Å². The predicted molar refractivity (Wildman–Crippen MR) is 77.5 cm³/mol. The molecule has 1 aromatic heterocycles. The molecular formula is C15H14N2O4. The molecule has 0 fully saturated rings. The maximum absolute atomic E-state index is 11.9. The van der Waals surface area contributed by atoms with Gasteiger partial charge >= 0.3 is 5.97 Å². The highest BCUT2D eigenvalue weighted by atomic mass is 16.4. The summed E-state index contributed by atoms with van der Waals surface area (Å²) in [6.45, 7) is 0. The van der Waals surface area contributed by atoms with Gasteiger partial charge in [-0.2, -0.15) is 0 Å². The third kappa shape index (κ3) is 3.00. The molecule has 21 heavy (non-hydrogen) atoms. The van der Waals surface area contributed by atoms with Crippen molar-refractivity contribution in [1.82, 2.24) is 9.88 Å². The molecule has 0 saturated heterocycles. The molecule has 2 N–H and O–H groups in total. The number of hydrogen-bond donors (Lipinski definition) is 2. The van der Waals surface area contributed by atoms with E-state index in [1.807, 2.05) is 0 Å². The fourth-order valence-electron chi connectivity index (χ4n) is 1.90. The van der Waals surface area contributed by atoms with Gasteiger partial charge in [0.2, 0.25) is 0 Å². The van der Waals surface area contributed by atoms with Gasteiger partial charge in [-0.1, -0.05) is 12.1 Å². The van der Waals surface area contributed by atoms with Crippen LogP contribution in [0.5, 0.6) is 0 Å². The summed E-state index contributed by atoms with van der Waals surface area (Å²) in [6, 6.07) is 8.07. The van der Waals surface area contributed by atoms with Crippen molar-refractivity contribution in [3.63, 3.8) is 0 Å². The van der Waals surface area contributed by atoms with Crippen LogP contribution < -0.4 is 5.56 Å². The standard InChI is InChI=1S/C15H14N2O4/c1-17(2)14(19)10-5-3-4-9(6-10)11-7-12(15(20)21)13(18)16-8-11/h3-8H,1-2H3,(H,16,18)(H,20,21). The number of carboxylic acids is 1. The Morgan fingerprint density at radius 3 is 2.48 bits per heavy atom. The first-order valence-corrected chi connectivity index (χ1v) is 6.18. The zero-order chi connectivity index (χ0) is 15.6. The van der Waals surface area contributed by atoms with E-state index in [1.54, 1.807) is 38.4 Å². The maximum atomic E-state index is 11.9. The van der Waals surface area contributed by atoms with Crippen LogP contribution in [0.4, 0.5) is 0 Å². The normalized spacial score (nSPS) is 10.2. The number of amides is 1. The molecule has 0 radical (unpaired) electrons. The second kappa shape index (κ2) is 5.62. The second-order valence-corrected chi connectivity index (χ2v) is 4.72. The van der Waals surface area contributed by atoms with Gasteiger partial charge in [0.05, 0.1) is 0 Å². The second-order valence-electron chi connectivity index (χ2n) is 4.72. The number of nitrogens with one attached hydrogen (secondary N) is 1. The lowest BCUT2D eigenvalue weighted by Crippen LogP contribution is -2.21. The number of carbonyl (C=O) groups is 2. The maximum Gasteiger partial charge on any atom is 0.341 e. The molecule has 2 aromatic rings. The molecule has 0 saturated carbocycles. The number of pyridine rings is 1. The molecular weight excluding hydrogens is 272 g/mol. The van der Waals surface area contributed by atoms with E-state index in [1.165, 1.54) is 17.2 Å². The van der Waals surface area contributed by atoms with Crippen LogP contribution in [0.15, 0.2) is 41.3 Å². The number of H-pyrrole nitrogens is 1. The third-order valence-corrected chi connectivity index (χ3v) is 2.98. The highest BCUT2D eigenvalue weighted by Gasteiger charge is 2.12. The quantitative estimate of drug-likeness (QED) is 0.893. The predicted octanol–water partition coefficient (Wildman–Crippen LogP) is 1.44. The fraction of sp³-hybridized carbons (Fsp3) is 0.133. The smallest absolute Gasteiger partial charge is 0.341 e. The first-order chi connectivity index (χ1) is 9.90. The van der Waals surface area contributed by atoms with Crippen molar-refractivity contribution >= 4 is 11.9 Å². The lowest BCUT2D eigenvalue weighted by molar-refractivity contribution is 0.0694. The summed E-state index contributed by atoms with van der Waals surface area (Å²) < 4.78 is 0. The van der Waals surface area contributed by atoms with Gasteiger partial charge in [-0.25, -0.2) is 4.79 Å². The number of nitrogens with zero attached hydrogens (tertiary/aromatic N) is 1. The number of aromatic nitrogens is 1. The average Bonchev–Trinajstić information content (AvgIpc) is 2.46. The van der Waals surface area contributed by atoms with Gasteiger partial charge in [-0.15, -0.1) is 0 Å². The lowest BCUT2D eigenvalue weighted by Gasteiger charge is -2.11. The summed E-state index contributed by atoms with van der Waals surface area (Å²) >= 11 is 0. The van der Waals surface area contributed by atoms with Gasteiger partial charge in [0.1, 0.15) is 5.56 Å². The molecule has 108 valence electrons. The SMILES string of the molecule is CN(C)C(=O)c1cccc(-c2c[nH]c(=O)c(C(=O)O)c2)c1. The Morgan fingerprint density at radius 2 is 1.86 bits per heavy atom. The molecule has 2 rings (SSSR count). The first-order valence-electron chi connectivity index (χ1n) is 6.18. The summed E-state index contributed by atoms with van der Waals surface area (Å²) in [7, 11) is 3.30. The van der Waals surface area contributed by atoms with Crippen LogP contribution in [0.3, 0.4) is 0 Å². The van der Waals surface area contributed by atoms with E-state index < -0.39 is 11.5 Å². The first kappa shape index (κ1) is 14.5. The van der Waals surface area contributed by atoms with Gasteiger partial charge < -0.3 is 15.0 Å². The zero-order valence-corrected chi connectivity index (χ0v) is 11.6. The van der Waals surface area contributed by atoms with Crippen molar-refractivity contribution in [3.05, 3.63) is 58.0 Å². The van der Waals surface area contributed by atoms with Crippen LogP contribution in [0, 0.1) is 0 Å². The third-order valence-electron chi connectivity index (χ3n) is 2.98. The minimum atomic E-state index is -1.29. The van der Waals surface area contributed by atoms with E-state index in [0.29, 0.717) is 16.7 Å². The van der Waals surface area contributed by atoms with E-state index in [4.69, 9.17) is 5.11 Å². The van der Waals surface area contributed by atoms with E-state index in [2.05, 4.69) is 4.98 Å². The molecule has 0 atom stereocenters. The molecule has 1 heterocycles. The van der Waals surface area contributed by atoms with Crippen molar-refractivity contribution in [2.75, 3.05) is 14.1 Å². The highest BCUT2D eigenvalue weighted by Crippen LogP contribution is 2.20. The monoisotopic (exact) mass is 286 g/mol. The van der Waals surface area contributed by atoms with Crippen molar-refractivity contribution in [3.8, 4) is 11.1 Å². The lowest BCUT2D eigenvalue weighted by atomic mass is 10.0. The number of rotatable bonds is 3.